The average molecular weight is 457 g/mol. The van der Waals surface area contributed by atoms with Gasteiger partial charge in [-0.3, -0.25) is 9.59 Å². The number of esters is 2. The lowest BCUT2D eigenvalue weighted by molar-refractivity contribution is -0.174. The van der Waals surface area contributed by atoms with Crippen molar-refractivity contribution in [1.82, 2.24) is 0 Å². The molecule has 0 radical (unpaired) electrons. The van der Waals surface area contributed by atoms with Crippen LogP contribution < -0.4 is 14.2 Å². The fourth-order valence-electron chi connectivity index (χ4n) is 4.87. The second-order valence-corrected chi connectivity index (χ2v) is 8.28. The van der Waals surface area contributed by atoms with E-state index in [4.69, 9.17) is 23.7 Å². The first-order chi connectivity index (χ1) is 15.8. The summed E-state index contributed by atoms with van der Waals surface area (Å²) in [7, 11) is 4.66. The van der Waals surface area contributed by atoms with Crippen LogP contribution in [0, 0.1) is 5.41 Å². The molecule has 1 atom stereocenters. The quantitative estimate of drug-likeness (QED) is 0.437. The van der Waals surface area contributed by atoms with E-state index in [2.05, 4.69) is 0 Å². The summed E-state index contributed by atoms with van der Waals surface area (Å²) in [5.41, 5.74) is 0.503. The summed E-state index contributed by atoms with van der Waals surface area (Å²) in [6.07, 6.45) is 0.383. The monoisotopic (exact) mass is 456 g/mol. The summed E-state index contributed by atoms with van der Waals surface area (Å²) in [6, 6.07) is 11.6. The lowest BCUT2D eigenvalue weighted by Crippen LogP contribution is -2.51. The van der Waals surface area contributed by atoms with Crippen LogP contribution in [0.15, 0.2) is 36.4 Å². The summed E-state index contributed by atoms with van der Waals surface area (Å²) in [5, 5.41) is 0. The van der Waals surface area contributed by atoms with E-state index in [9.17, 15) is 9.59 Å². The van der Waals surface area contributed by atoms with E-state index >= 15 is 0 Å². The van der Waals surface area contributed by atoms with Gasteiger partial charge in [-0.15, -0.1) is 0 Å². The Morgan fingerprint density at radius 1 is 0.879 bits per heavy atom. The second kappa shape index (κ2) is 9.73. The highest BCUT2D eigenvalue weighted by Crippen LogP contribution is 2.53. The Bertz CT molecular complexity index is 986. The first-order valence-electron chi connectivity index (χ1n) is 11.0. The van der Waals surface area contributed by atoms with Crippen molar-refractivity contribution < 1.29 is 33.3 Å². The van der Waals surface area contributed by atoms with Gasteiger partial charge in [0.25, 0.3) is 0 Å². The van der Waals surface area contributed by atoms with E-state index in [1.54, 1.807) is 35.2 Å². The molecule has 7 heteroatoms. The highest BCUT2D eigenvalue weighted by atomic mass is 16.6. The van der Waals surface area contributed by atoms with Crippen LogP contribution in [0.4, 0.5) is 0 Å². The third kappa shape index (κ3) is 4.12. The van der Waals surface area contributed by atoms with Gasteiger partial charge in [0.2, 0.25) is 5.75 Å². The first-order valence-corrected chi connectivity index (χ1v) is 11.0. The molecule has 1 unspecified atom stereocenters. The smallest absolute Gasteiger partial charge is 0.323 e. The van der Waals surface area contributed by atoms with Gasteiger partial charge in [0, 0.05) is 5.41 Å². The van der Waals surface area contributed by atoms with Crippen molar-refractivity contribution in [1.29, 1.82) is 0 Å². The third-order valence-corrected chi connectivity index (χ3v) is 6.39. The average Bonchev–Trinajstić information content (AvgIpc) is 2.83. The van der Waals surface area contributed by atoms with Gasteiger partial charge in [0.05, 0.1) is 34.5 Å². The predicted molar refractivity (Wildman–Crippen MR) is 123 cm³/mol. The number of carbonyl (C=O) groups excluding carboxylic acids is 2. The molecule has 0 saturated heterocycles. The molecule has 1 aliphatic carbocycles. The zero-order valence-electron chi connectivity index (χ0n) is 20.2. The van der Waals surface area contributed by atoms with Crippen LogP contribution in [0.1, 0.15) is 43.9 Å². The van der Waals surface area contributed by atoms with Gasteiger partial charge in [-0.05, 0) is 55.5 Å². The minimum atomic E-state index is -1.48. The van der Waals surface area contributed by atoms with Gasteiger partial charge in [0.1, 0.15) is 0 Å². The number of methoxy groups -OCH3 is 3. The minimum Gasteiger partial charge on any atom is -0.493 e. The topological polar surface area (TPSA) is 80.3 Å². The maximum atomic E-state index is 13.3. The number of ether oxygens (including phenoxy) is 5. The number of rotatable bonds is 8. The summed E-state index contributed by atoms with van der Waals surface area (Å²) in [6.45, 7) is 5.81. The first kappa shape index (κ1) is 24.4. The Labute approximate surface area is 194 Å². The van der Waals surface area contributed by atoms with Crippen LogP contribution in [0.25, 0.3) is 0 Å². The van der Waals surface area contributed by atoms with Crippen LogP contribution in [-0.2, 0) is 30.9 Å². The van der Waals surface area contributed by atoms with Crippen molar-refractivity contribution in [2.24, 2.45) is 5.41 Å². The molecule has 178 valence electrons. The normalized spacial score (nSPS) is 18.6. The second-order valence-electron chi connectivity index (χ2n) is 8.28. The molecule has 2 aromatic carbocycles. The van der Waals surface area contributed by atoms with Crippen molar-refractivity contribution >= 4 is 11.9 Å². The molecule has 0 amide bonds. The summed E-state index contributed by atoms with van der Waals surface area (Å²) in [4.78, 5) is 26.6. The Hall–Kier alpha value is -3.22. The third-order valence-electron chi connectivity index (χ3n) is 6.39. The summed E-state index contributed by atoms with van der Waals surface area (Å²) < 4.78 is 27.5. The number of fused-ring (bicyclic) bond motifs is 1. The maximum absolute atomic E-state index is 13.3. The fraction of sp³-hybridized carbons (Fsp3) is 0.462. The van der Waals surface area contributed by atoms with E-state index in [0.717, 1.165) is 16.7 Å². The van der Waals surface area contributed by atoms with Crippen LogP contribution >= 0.6 is 0 Å². The molecule has 0 fully saturated rings. The molecule has 1 aliphatic rings. The predicted octanol–water partition coefficient (Wildman–Crippen LogP) is 4.08. The van der Waals surface area contributed by atoms with Crippen LogP contribution in [-0.4, -0.2) is 46.5 Å². The van der Waals surface area contributed by atoms with Crippen molar-refractivity contribution in [2.45, 2.75) is 39.0 Å². The molecule has 0 aliphatic heterocycles. The highest BCUT2D eigenvalue weighted by molar-refractivity contribution is 6.01. The Kier molecular flexibility index (Phi) is 7.20. The van der Waals surface area contributed by atoms with E-state index in [1.165, 1.54) is 0 Å². The van der Waals surface area contributed by atoms with Crippen LogP contribution in [0.5, 0.6) is 17.2 Å². The Morgan fingerprint density at radius 2 is 1.42 bits per heavy atom. The SMILES string of the molecule is CCOC(=O)C1(C(=O)OCC)Cc2ccccc2C(C)(c2cc(OC)c(OC)c(OC)c2)C1. The maximum Gasteiger partial charge on any atom is 0.323 e. The molecule has 33 heavy (non-hydrogen) atoms. The molecular formula is C26H32O7. The molecule has 2 aromatic rings. The van der Waals surface area contributed by atoms with Crippen molar-refractivity contribution in [2.75, 3.05) is 34.5 Å². The lowest BCUT2D eigenvalue weighted by atomic mass is 9.58. The number of carbonyl (C=O) groups is 2. The molecule has 0 saturated carbocycles. The van der Waals surface area contributed by atoms with Gasteiger partial charge in [-0.2, -0.15) is 0 Å². The van der Waals surface area contributed by atoms with Gasteiger partial charge in [-0.25, -0.2) is 0 Å². The van der Waals surface area contributed by atoms with Gasteiger partial charge >= 0.3 is 11.9 Å². The van der Waals surface area contributed by atoms with Crippen molar-refractivity contribution in [3.8, 4) is 17.2 Å². The van der Waals surface area contributed by atoms with E-state index in [1.807, 2.05) is 43.3 Å². The van der Waals surface area contributed by atoms with E-state index in [-0.39, 0.29) is 26.1 Å². The van der Waals surface area contributed by atoms with Crippen molar-refractivity contribution in [3.63, 3.8) is 0 Å². The molecule has 0 aromatic heterocycles. The fourth-order valence-corrected chi connectivity index (χ4v) is 4.87. The van der Waals surface area contributed by atoms with Gasteiger partial charge < -0.3 is 23.7 Å². The van der Waals surface area contributed by atoms with Gasteiger partial charge in [-0.1, -0.05) is 31.2 Å². The van der Waals surface area contributed by atoms with E-state index in [0.29, 0.717) is 17.2 Å². The van der Waals surface area contributed by atoms with Crippen LogP contribution in [0.3, 0.4) is 0 Å². The number of benzene rings is 2. The summed E-state index contributed by atoms with van der Waals surface area (Å²) in [5.74, 6) is 0.315. The lowest BCUT2D eigenvalue weighted by Gasteiger charge is -2.45. The zero-order chi connectivity index (χ0) is 24.2. The van der Waals surface area contributed by atoms with Crippen LogP contribution in [0.2, 0.25) is 0 Å². The zero-order valence-corrected chi connectivity index (χ0v) is 20.2. The largest absolute Gasteiger partial charge is 0.493 e. The van der Waals surface area contributed by atoms with E-state index < -0.39 is 22.8 Å². The molecule has 7 nitrogen and oxygen atoms in total. The Balaban J connectivity index is 2.30. The number of hydrogen-bond donors (Lipinski definition) is 0. The molecule has 0 heterocycles. The molecule has 0 spiro atoms. The minimum absolute atomic E-state index is 0.169. The highest BCUT2D eigenvalue weighted by Gasteiger charge is 2.57. The number of hydrogen-bond acceptors (Lipinski definition) is 7. The Morgan fingerprint density at radius 3 is 1.91 bits per heavy atom. The molecule has 0 N–H and O–H groups in total. The molecule has 0 bridgehead atoms. The van der Waals surface area contributed by atoms with Crippen molar-refractivity contribution in [3.05, 3.63) is 53.1 Å². The standard InChI is InChI=1S/C26H32O7/c1-7-32-23(27)26(24(28)33-8-2)15-17-11-9-10-12-19(17)25(3,16-26)18-13-20(29-4)22(31-6)21(14-18)30-5/h9-14H,7-8,15-16H2,1-6H3. The van der Waals surface area contributed by atoms with Gasteiger partial charge in [0.15, 0.2) is 16.9 Å². The summed E-state index contributed by atoms with van der Waals surface area (Å²) >= 11 is 0. The molecule has 3 rings (SSSR count). The molecular weight excluding hydrogens is 424 g/mol.